The van der Waals surface area contributed by atoms with E-state index in [1.165, 1.54) is 16.4 Å². The molecule has 0 fully saturated rings. The lowest BCUT2D eigenvalue weighted by molar-refractivity contribution is -0.384. The Morgan fingerprint density at radius 1 is 1.03 bits per heavy atom. The van der Waals surface area contributed by atoms with Crippen LogP contribution in [0.2, 0.25) is 5.02 Å². The monoisotopic (exact) mass is 494 g/mol. The van der Waals surface area contributed by atoms with E-state index in [-0.39, 0.29) is 16.5 Å². The molecule has 0 saturated heterocycles. The summed E-state index contributed by atoms with van der Waals surface area (Å²) in [6.07, 6.45) is 0. The van der Waals surface area contributed by atoms with Crippen molar-refractivity contribution in [3.05, 3.63) is 97.5 Å². The van der Waals surface area contributed by atoms with Gasteiger partial charge in [0.1, 0.15) is 5.02 Å². The van der Waals surface area contributed by atoms with Crippen molar-refractivity contribution in [3.63, 3.8) is 0 Å². The van der Waals surface area contributed by atoms with Crippen LogP contribution in [0, 0.1) is 17.0 Å². The molecule has 0 saturated carbocycles. The molecule has 0 heterocycles. The third-order valence-electron chi connectivity index (χ3n) is 4.26. The van der Waals surface area contributed by atoms with Gasteiger partial charge in [-0.25, -0.2) is 8.42 Å². The van der Waals surface area contributed by atoms with Gasteiger partial charge in [0.15, 0.2) is 0 Å². The maximum absolute atomic E-state index is 13.4. The molecule has 0 atom stereocenters. The molecule has 6 nitrogen and oxygen atoms in total. The minimum atomic E-state index is -4.09. The van der Waals surface area contributed by atoms with Gasteiger partial charge < -0.3 is 0 Å². The van der Waals surface area contributed by atoms with Crippen molar-refractivity contribution in [3.8, 4) is 0 Å². The summed E-state index contributed by atoms with van der Waals surface area (Å²) in [5.74, 6) is 0. The van der Waals surface area contributed by atoms with Crippen LogP contribution in [0.3, 0.4) is 0 Å². The fourth-order valence-corrected chi connectivity index (χ4v) is 4.63. The zero-order valence-electron chi connectivity index (χ0n) is 15.2. The molecule has 0 aliphatic heterocycles. The van der Waals surface area contributed by atoms with E-state index in [4.69, 9.17) is 11.6 Å². The van der Waals surface area contributed by atoms with Gasteiger partial charge in [-0.2, -0.15) is 0 Å². The second kappa shape index (κ2) is 8.52. The number of anilines is 1. The first kappa shape index (κ1) is 21.3. The van der Waals surface area contributed by atoms with Gasteiger partial charge in [-0.1, -0.05) is 57.4 Å². The standard InChI is InChI=1S/C20H16BrClN2O4S/c1-14-2-4-15(5-3-14)13-23(17-8-6-16(21)7-9-17)29(27,28)18-10-11-19(22)20(12-18)24(25)26/h2-12H,13H2,1H3. The Kier molecular flexibility index (Phi) is 6.26. The highest BCUT2D eigenvalue weighted by Gasteiger charge is 2.28. The Bertz CT molecular complexity index is 1150. The highest BCUT2D eigenvalue weighted by atomic mass is 79.9. The number of sulfonamides is 1. The van der Waals surface area contributed by atoms with Gasteiger partial charge >= 0.3 is 0 Å². The molecule has 3 aromatic rings. The van der Waals surface area contributed by atoms with E-state index in [9.17, 15) is 18.5 Å². The van der Waals surface area contributed by atoms with Gasteiger partial charge in [-0.05, 0) is 48.9 Å². The fraction of sp³-hybridized carbons (Fsp3) is 0.100. The maximum atomic E-state index is 13.4. The fourth-order valence-electron chi connectivity index (χ4n) is 2.70. The van der Waals surface area contributed by atoms with Crippen LogP contribution in [0.4, 0.5) is 11.4 Å². The molecule has 0 spiro atoms. The molecule has 0 N–H and O–H groups in total. The van der Waals surface area contributed by atoms with Gasteiger partial charge in [-0.15, -0.1) is 0 Å². The van der Waals surface area contributed by atoms with Gasteiger partial charge in [0.2, 0.25) is 0 Å². The number of hydrogen-bond acceptors (Lipinski definition) is 4. The van der Waals surface area contributed by atoms with Crippen molar-refractivity contribution in [2.45, 2.75) is 18.4 Å². The molecule has 29 heavy (non-hydrogen) atoms. The molecule has 0 amide bonds. The third kappa shape index (κ3) is 4.77. The molecule has 3 aromatic carbocycles. The Morgan fingerprint density at radius 2 is 1.66 bits per heavy atom. The topological polar surface area (TPSA) is 80.5 Å². The SMILES string of the molecule is Cc1ccc(CN(c2ccc(Br)cc2)S(=O)(=O)c2ccc(Cl)c([N+](=O)[O-])c2)cc1. The van der Waals surface area contributed by atoms with Crippen molar-refractivity contribution < 1.29 is 13.3 Å². The Hall–Kier alpha value is -2.42. The summed E-state index contributed by atoms with van der Waals surface area (Å²) in [6, 6.07) is 17.8. The van der Waals surface area contributed by atoms with E-state index in [2.05, 4.69) is 15.9 Å². The highest BCUT2D eigenvalue weighted by molar-refractivity contribution is 9.10. The second-order valence-electron chi connectivity index (χ2n) is 6.34. The molecule has 9 heteroatoms. The van der Waals surface area contributed by atoms with E-state index in [1.807, 2.05) is 31.2 Å². The van der Waals surface area contributed by atoms with Crippen molar-refractivity contribution in [1.82, 2.24) is 0 Å². The summed E-state index contributed by atoms with van der Waals surface area (Å²) in [4.78, 5) is 10.3. The largest absolute Gasteiger partial charge is 0.289 e. The summed E-state index contributed by atoms with van der Waals surface area (Å²) in [5, 5.41) is 11.1. The van der Waals surface area contributed by atoms with Gasteiger partial charge in [0.25, 0.3) is 15.7 Å². The Labute approximate surface area is 182 Å². The molecule has 0 bridgehead atoms. The van der Waals surface area contributed by atoms with Crippen LogP contribution in [-0.2, 0) is 16.6 Å². The minimum Gasteiger partial charge on any atom is -0.262 e. The summed E-state index contributed by atoms with van der Waals surface area (Å²) in [7, 11) is -4.09. The first-order valence-corrected chi connectivity index (χ1v) is 11.1. The van der Waals surface area contributed by atoms with Crippen LogP contribution in [0.15, 0.2) is 76.1 Å². The number of nitrogens with zero attached hydrogens (tertiary/aromatic N) is 2. The Morgan fingerprint density at radius 3 is 2.24 bits per heavy atom. The van der Waals surface area contributed by atoms with Crippen LogP contribution in [-0.4, -0.2) is 13.3 Å². The van der Waals surface area contributed by atoms with Crippen molar-refractivity contribution in [2.24, 2.45) is 0 Å². The third-order valence-corrected chi connectivity index (χ3v) is 6.88. The molecule has 0 aliphatic carbocycles. The molecule has 0 aromatic heterocycles. The van der Waals surface area contributed by atoms with Gasteiger partial charge in [0.05, 0.1) is 22.1 Å². The quantitative estimate of drug-likeness (QED) is 0.324. The lowest BCUT2D eigenvalue weighted by Crippen LogP contribution is -2.30. The normalized spacial score (nSPS) is 11.3. The van der Waals surface area contributed by atoms with Crippen molar-refractivity contribution >= 4 is 48.9 Å². The smallest absolute Gasteiger partial charge is 0.262 e. The number of rotatable bonds is 6. The summed E-state index contributed by atoms with van der Waals surface area (Å²) in [6.45, 7) is 2.01. The average molecular weight is 496 g/mol. The molecule has 0 unspecified atom stereocenters. The molecule has 3 rings (SSSR count). The number of nitro groups is 1. The van der Waals surface area contributed by atoms with Crippen LogP contribution < -0.4 is 4.31 Å². The average Bonchev–Trinajstić information content (AvgIpc) is 2.68. The first-order valence-electron chi connectivity index (χ1n) is 8.46. The molecule has 150 valence electrons. The zero-order chi connectivity index (χ0) is 21.2. The molecular weight excluding hydrogens is 480 g/mol. The number of halogens is 2. The summed E-state index contributed by atoms with van der Waals surface area (Å²) < 4.78 is 28.9. The number of benzene rings is 3. The molecule has 0 radical (unpaired) electrons. The second-order valence-corrected chi connectivity index (χ2v) is 9.53. The number of hydrogen-bond donors (Lipinski definition) is 0. The van der Waals surface area contributed by atoms with Crippen LogP contribution in [0.25, 0.3) is 0 Å². The summed E-state index contributed by atoms with van der Waals surface area (Å²) in [5.41, 5.74) is 1.82. The minimum absolute atomic E-state index is 0.0701. The number of nitro benzene ring substituents is 1. The van der Waals surface area contributed by atoms with Crippen LogP contribution in [0.5, 0.6) is 0 Å². The van der Waals surface area contributed by atoms with E-state index in [1.54, 1.807) is 24.3 Å². The molecule has 0 aliphatic rings. The van der Waals surface area contributed by atoms with E-state index in [0.717, 1.165) is 21.7 Å². The van der Waals surface area contributed by atoms with Gasteiger partial charge in [0, 0.05) is 10.5 Å². The van der Waals surface area contributed by atoms with Crippen LogP contribution in [0.1, 0.15) is 11.1 Å². The van der Waals surface area contributed by atoms with E-state index < -0.39 is 20.6 Å². The lowest BCUT2D eigenvalue weighted by atomic mass is 10.1. The summed E-state index contributed by atoms with van der Waals surface area (Å²) >= 11 is 9.19. The van der Waals surface area contributed by atoms with Crippen molar-refractivity contribution in [1.29, 1.82) is 0 Å². The van der Waals surface area contributed by atoms with Crippen LogP contribution >= 0.6 is 27.5 Å². The maximum Gasteiger partial charge on any atom is 0.289 e. The number of aryl methyl sites for hydroxylation is 1. The zero-order valence-corrected chi connectivity index (χ0v) is 18.4. The van der Waals surface area contributed by atoms with E-state index >= 15 is 0 Å². The van der Waals surface area contributed by atoms with E-state index in [0.29, 0.717) is 5.69 Å². The first-order chi connectivity index (χ1) is 13.7. The predicted molar refractivity (Wildman–Crippen MR) is 117 cm³/mol. The molecular formula is C20H16BrClN2O4S. The highest BCUT2D eigenvalue weighted by Crippen LogP contribution is 2.32. The van der Waals surface area contributed by atoms with Gasteiger partial charge in [-0.3, -0.25) is 14.4 Å². The predicted octanol–water partition coefficient (Wildman–Crippen LogP) is 5.71. The van der Waals surface area contributed by atoms with Crippen molar-refractivity contribution in [2.75, 3.05) is 4.31 Å². The lowest BCUT2D eigenvalue weighted by Gasteiger charge is -2.25. The Balaban J connectivity index is 2.11.